The van der Waals surface area contributed by atoms with Crippen LogP contribution in [0.2, 0.25) is 0 Å². The van der Waals surface area contributed by atoms with Gasteiger partial charge >= 0.3 is 0 Å². The van der Waals surface area contributed by atoms with Crippen LogP contribution in [0.25, 0.3) is 6.08 Å². The van der Waals surface area contributed by atoms with Gasteiger partial charge < -0.3 is 0 Å². The van der Waals surface area contributed by atoms with Crippen LogP contribution in [-0.2, 0) is 6.42 Å². The molecule has 0 N–H and O–H groups in total. The van der Waals surface area contributed by atoms with Crippen LogP contribution in [0.4, 0.5) is 0 Å². The van der Waals surface area contributed by atoms with Gasteiger partial charge in [0, 0.05) is 18.4 Å². The molecule has 1 unspecified atom stereocenters. The highest BCUT2D eigenvalue weighted by atomic mass is 32.1. The number of rotatable bonds is 0. The summed E-state index contributed by atoms with van der Waals surface area (Å²) in [4.78, 5) is 0. The van der Waals surface area contributed by atoms with Crippen LogP contribution in [0.5, 0.6) is 0 Å². The Labute approximate surface area is 100 Å². The lowest BCUT2D eigenvalue weighted by atomic mass is 9.84. The fraction of sp³-hybridized carbons (Fsp3) is 0.500. The Balaban J connectivity index is 1.82. The molecule has 1 aliphatic carbocycles. The third-order valence-electron chi connectivity index (χ3n) is 4.24. The molecule has 0 saturated heterocycles. The monoisotopic (exact) mass is 230 g/mol. The quantitative estimate of drug-likeness (QED) is 0.603. The van der Waals surface area contributed by atoms with Gasteiger partial charge in [0.1, 0.15) is 6.54 Å². The van der Waals surface area contributed by atoms with E-state index in [1.807, 2.05) is 11.3 Å². The van der Waals surface area contributed by atoms with Crippen molar-refractivity contribution in [3.8, 4) is 0 Å². The van der Waals surface area contributed by atoms with Crippen molar-refractivity contribution in [3.05, 3.63) is 27.5 Å². The van der Waals surface area contributed by atoms with E-state index >= 15 is 0 Å². The minimum Gasteiger partial charge on any atom is -0.233 e. The molecule has 0 fully saturated rings. The first-order chi connectivity index (χ1) is 7.92. The molecule has 0 aromatic carbocycles. The van der Waals surface area contributed by atoms with E-state index in [4.69, 9.17) is 0 Å². The largest absolute Gasteiger partial charge is 0.233 e. The van der Waals surface area contributed by atoms with Crippen molar-refractivity contribution in [2.24, 2.45) is 5.92 Å². The molecule has 0 spiro atoms. The van der Waals surface area contributed by atoms with Gasteiger partial charge in [0.15, 0.2) is 12.3 Å². The second-order valence-electron chi connectivity index (χ2n) is 5.20. The van der Waals surface area contributed by atoms with E-state index < -0.39 is 0 Å². The van der Waals surface area contributed by atoms with Crippen molar-refractivity contribution >= 4 is 23.1 Å². The average Bonchev–Trinajstić information content (AvgIpc) is 2.88. The molecule has 3 heterocycles. The van der Waals surface area contributed by atoms with Crippen molar-refractivity contribution in [3.63, 3.8) is 0 Å². The maximum Gasteiger partial charge on any atom is 0.179 e. The van der Waals surface area contributed by atoms with Crippen molar-refractivity contribution in [2.75, 3.05) is 13.1 Å². The summed E-state index contributed by atoms with van der Waals surface area (Å²) < 4.78 is 2.65. The van der Waals surface area contributed by atoms with Gasteiger partial charge in [-0.05, 0) is 40.8 Å². The van der Waals surface area contributed by atoms with Gasteiger partial charge in [-0.25, -0.2) is 4.58 Å². The Morgan fingerprint density at radius 3 is 3.25 bits per heavy atom. The Kier molecular flexibility index (Phi) is 1.89. The predicted octanol–water partition coefficient (Wildman–Crippen LogP) is 2.95. The molecule has 2 aliphatic heterocycles. The first kappa shape index (κ1) is 9.17. The molecule has 0 saturated carbocycles. The molecule has 4 rings (SSSR count). The predicted molar refractivity (Wildman–Crippen MR) is 68.3 cm³/mol. The Morgan fingerprint density at radius 1 is 1.25 bits per heavy atom. The second kappa shape index (κ2) is 3.30. The fourth-order valence-electron chi connectivity index (χ4n) is 3.45. The Hall–Kier alpha value is -0.890. The van der Waals surface area contributed by atoms with Gasteiger partial charge in [0.25, 0.3) is 0 Å². The molecule has 16 heavy (non-hydrogen) atoms. The van der Waals surface area contributed by atoms with Crippen LogP contribution in [0.3, 0.4) is 0 Å². The first-order valence-corrected chi connectivity index (χ1v) is 7.24. The molecule has 0 amide bonds. The molecule has 1 aromatic heterocycles. The van der Waals surface area contributed by atoms with E-state index in [9.17, 15) is 0 Å². The van der Waals surface area contributed by atoms with Crippen LogP contribution in [-0.4, -0.2) is 23.4 Å². The van der Waals surface area contributed by atoms with Gasteiger partial charge in [-0.1, -0.05) is 0 Å². The van der Waals surface area contributed by atoms with Crippen molar-refractivity contribution in [2.45, 2.75) is 25.7 Å². The van der Waals surface area contributed by atoms with Crippen molar-refractivity contribution < 1.29 is 4.58 Å². The summed E-state index contributed by atoms with van der Waals surface area (Å²) in [5.41, 5.74) is 6.43. The summed E-state index contributed by atoms with van der Waals surface area (Å²) in [5, 5.41) is 4.65. The normalized spacial score (nSPS) is 27.2. The summed E-state index contributed by atoms with van der Waals surface area (Å²) in [6, 6.07) is 0. The van der Waals surface area contributed by atoms with E-state index in [-0.39, 0.29) is 0 Å². The molecule has 0 bridgehead atoms. The number of nitrogens with zero attached hydrogens (tertiary/aromatic N) is 1. The second-order valence-corrected chi connectivity index (χ2v) is 5.95. The van der Waals surface area contributed by atoms with Crippen LogP contribution >= 0.6 is 11.3 Å². The van der Waals surface area contributed by atoms with Crippen LogP contribution in [0, 0.1) is 5.92 Å². The topological polar surface area (TPSA) is 3.01 Å². The lowest BCUT2D eigenvalue weighted by Gasteiger charge is -2.14. The highest BCUT2D eigenvalue weighted by Crippen LogP contribution is 2.36. The summed E-state index contributed by atoms with van der Waals surface area (Å²) >= 11 is 1.86. The molecule has 2 heteroatoms. The summed E-state index contributed by atoms with van der Waals surface area (Å²) in [5.74, 6) is 0.801. The van der Waals surface area contributed by atoms with Crippen LogP contribution < -0.4 is 0 Å². The zero-order chi connectivity index (χ0) is 10.5. The summed E-state index contributed by atoms with van der Waals surface area (Å²) in [6.07, 6.45) is 7.87. The van der Waals surface area contributed by atoms with Gasteiger partial charge in [0.05, 0.1) is 5.92 Å². The third-order valence-corrected chi connectivity index (χ3v) is 5.05. The minimum absolute atomic E-state index is 0.801. The molecular weight excluding hydrogens is 214 g/mol. The van der Waals surface area contributed by atoms with Crippen molar-refractivity contribution in [1.29, 1.82) is 0 Å². The molecule has 1 aromatic rings. The zero-order valence-corrected chi connectivity index (χ0v) is 10.2. The maximum absolute atomic E-state index is 2.65. The zero-order valence-electron chi connectivity index (χ0n) is 9.41. The third kappa shape index (κ3) is 1.20. The van der Waals surface area contributed by atoms with Gasteiger partial charge in [0.2, 0.25) is 0 Å². The average molecular weight is 230 g/mol. The highest BCUT2D eigenvalue weighted by Gasteiger charge is 2.39. The van der Waals surface area contributed by atoms with Crippen molar-refractivity contribution in [1.82, 2.24) is 0 Å². The lowest BCUT2D eigenvalue weighted by molar-refractivity contribution is -0.529. The first-order valence-electron chi connectivity index (χ1n) is 6.29. The number of hydrogen-bond acceptors (Lipinski definition) is 1. The Morgan fingerprint density at radius 2 is 2.25 bits per heavy atom. The van der Waals surface area contributed by atoms with Gasteiger partial charge in [-0.3, -0.25) is 0 Å². The smallest absolute Gasteiger partial charge is 0.179 e. The standard InChI is InChI=1S/C14H16NS/c1-2-4-15-7-10-5-11-8-16-9-12(11)6-13(10)14(15)3-1/h6,8-10H,1-5,7H2/q+1. The summed E-state index contributed by atoms with van der Waals surface area (Å²) in [6.45, 7) is 2.59. The molecule has 1 atom stereocenters. The summed E-state index contributed by atoms with van der Waals surface area (Å²) in [7, 11) is 0. The molecule has 1 nitrogen and oxygen atoms in total. The van der Waals surface area contributed by atoms with Gasteiger partial charge in [-0.15, -0.1) is 0 Å². The van der Waals surface area contributed by atoms with E-state index in [1.54, 1.807) is 16.8 Å². The maximum atomic E-state index is 2.65. The lowest BCUT2D eigenvalue weighted by Crippen LogP contribution is -2.21. The van der Waals surface area contributed by atoms with E-state index in [0.717, 1.165) is 5.92 Å². The number of fused-ring (bicyclic) bond motifs is 3. The van der Waals surface area contributed by atoms with E-state index in [0.29, 0.717) is 0 Å². The molecule has 0 radical (unpaired) electrons. The van der Waals surface area contributed by atoms with E-state index in [1.165, 1.54) is 44.3 Å². The van der Waals surface area contributed by atoms with Crippen LogP contribution in [0.15, 0.2) is 16.3 Å². The SMILES string of the molecule is C1=C2C3=[N+](CCCC3)CC2Cc2cscc21. The molecule has 82 valence electrons. The van der Waals surface area contributed by atoms with Crippen LogP contribution in [0.1, 0.15) is 30.4 Å². The highest BCUT2D eigenvalue weighted by molar-refractivity contribution is 7.08. The minimum atomic E-state index is 0.801. The molecular formula is C14H16NS+. The molecule has 3 aliphatic rings. The Bertz CT molecular complexity index is 507. The number of hydrogen-bond donors (Lipinski definition) is 0. The van der Waals surface area contributed by atoms with E-state index in [2.05, 4.69) is 21.4 Å². The number of thiophene rings is 1. The van der Waals surface area contributed by atoms with Gasteiger partial charge in [-0.2, -0.15) is 11.3 Å². The fourth-order valence-corrected chi connectivity index (χ4v) is 4.28.